The first-order valence-electron chi connectivity index (χ1n) is 4.08. The van der Waals surface area contributed by atoms with Crippen LogP contribution in [0.2, 0.25) is 0 Å². The van der Waals surface area contributed by atoms with Gasteiger partial charge in [0.05, 0.1) is 0 Å². The van der Waals surface area contributed by atoms with Crippen molar-refractivity contribution in [2.75, 3.05) is 6.61 Å². The van der Waals surface area contributed by atoms with E-state index in [2.05, 4.69) is 6.08 Å². The fraction of sp³-hybridized carbons (Fsp3) is 0.111. The molecule has 1 aromatic rings. The zero-order chi connectivity index (χ0) is 11.3. The van der Waals surface area contributed by atoms with E-state index < -0.39 is 14.5 Å². The Bertz CT molecular complexity index is 392. The van der Waals surface area contributed by atoms with Crippen molar-refractivity contribution in [2.45, 2.75) is 0 Å². The third-order valence-corrected chi connectivity index (χ3v) is 1.55. The third kappa shape index (κ3) is 6.90. The van der Waals surface area contributed by atoms with Crippen molar-refractivity contribution in [3.05, 3.63) is 35.9 Å². The molecule has 0 aromatic heterocycles. The molecule has 0 fully saturated rings. The first-order valence-corrected chi connectivity index (χ1v) is 7.15. The van der Waals surface area contributed by atoms with E-state index in [0.717, 1.165) is 5.75 Å². The van der Waals surface area contributed by atoms with Crippen LogP contribution in [0.1, 0.15) is 5.56 Å². The molecule has 1 aromatic carbocycles. The van der Waals surface area contributed by atoms with Gasteiger partial charge >= 0.3 is 47.6 Å². The molecule has 16 heavy (non-hydrogen) atoms. The minimum Gasteiger partial charge on any atom is 3.00 e. The number of hydrogen-bond acceptors (Lipinski definition) is 5. The largest absolute Gasteiger partial charge is 3.00 e. The van der Waals surface area contributed by atoms with E-state index in [-0.39, 0.29) is 17.1 Å². The fourth-order valence-electron chi connectivity index (χ4n) is 1.06. The predicted molar refractivity (Wildman–Crippen MR) is 47.4 cm³/mol. The molecule has 0 saturated heterocycles. The van der Waals surface area contributed by atoms with Gasteiger partial charge in [0.2, 0.25) is 0 Å². The van der Waals surface area contributed by atoms with Crippen LogP contribution in [0.3, 0.4) is 0 Å². The Balaban J connectivity index is 0.000000330. The second-order valence-corrected chi connectivity index (χ2v) is 4.57. The van der Waals surface area contributed by atoms with Crippen molar-refractivity contribution in [1.29, 1.82) is 0 Å². The summed E-state index contributed by atoms with van der Waals surface area (Å²) in [6.45, 7) is 0.705. The average Bonchev–Trinajstić information content (AvgIpc) is 2.16. The number of benzene rings is 1. The standard InChI is InChI=1S/C9H8O.AsH3O4.Cu/c1-2-6-9-8(4-1)5-3-7-10-9;2-1(3,4)5;/h1-6H,7H2;(H3,2,3,4,5);/q;;+3/p-3. The van der Waals surface area contributed by atoms with Crippen LogP contribution in [0.15, 0.2) is 30.3 Å². The van der Waals surface area contributed by atoms with Gasteiger partial charge in [0.25, 0.3) is 0 Å². The molecule has 0 aliphatic carbocycles. The Hall–Kier alpha value is -0.482. The first-order chi connectivity index (χ1) is 6.97. The van der Waals surface area contributed by atoms with Crippen molar-refractivity contribution >= 4 is 20.6 Å². The molecule has 1 aliphatic heterocycles. The van der Waals surface area contributed by atoms with Gasteiger partial charge in [-0.15, -0.1) is 0 Å². The first kappa shape index (κ1) is 15.5. The molecule has 1 aliphatic rings. The smallest absolute Gasteiger partial charge is 3.00 e. The quantitative estimate of drug-likeness (QED) is 0.513. The number of hydrogen-bond donors (Lipinski definition) is 0. The molecule has 5 nitrogen and oxygen atoms in total. The normalized spacial score (nSPS) is 12.4. The fourth-order valence-corrected chi connectivity index (χ4v) is 1.06. The van der Waals surface area contributed by atoms with Gasteiger partial charge in [-0.05, 0) is 12.1 Å². The van der Waals surface area contributed by atoms with E-state index in [0.29, 0.717) is 6.61 Å². The summed E-state index contributed by atoms with van der Waals surface area (Å²) in [6, 6.07) is 8.03. The third-order valence-electron chi connectivity index (χ3n) is 1.55. The van der Waals surface area contributed by atoms with E-state index in [1.165, 1.54) is 5.56 Å². The van der Waals surface area contributed by atoms with Gasteiger partial charge in [-0.2, -0.15) is 0 Å². The molecular formula is C9H8AsCuO5. The van der Waals surface area contributed by atoms with Gasteiger partial charge in [-0.3, -0.25) is 0 Å². The zero-order valence-corrected chi connectivity index (χ0v) is 10.8. The van der Waals surface area contributed by atoms with Crippen LogP contribution in [0.4, 0.5) is 0 Å². The Kier molecular flexibility index (Phi) is 6.75. The van der Waals surface area contributed by atoms with E-state index in [1.807, 2.05) is 30.3 Å². The van der Waals surface area contributed by atoms with Crippen molar-refractivity contribution in [1.82, 2.24) is 0 Å². The van der Waals surface area contributed by atoms with Gasteiger partial charge in [-0.25, -0.2) is 0 Å². The molecule has 0 N–H and O–H groups in total. The van der Waals surface area contributed by atoms with Crippen LogP contribution in [0.5, 0.6) is 5.75 Å². The minimum atomic E-state index is -5.88. The van der Waals surface area contributed by atoms with E-state index in [1.54, 1.807) is 0 Å². The van der Waals surface area contributed by atoms with Crippen LogP contribution < -0.4 is 17.0 Å². The predicted octanol–water partition coefficient (Wildman–Crippen LogP) is -1.98. The molecular weight excluding hydrogens is 327 g/mol. The zero-order valence-electron chi connectivity index (χ0n) is 7.96. The van der Waals surface area contributed by atoms with Crippen LogP contribution in [-0.2, 0) is 20.8 Å². The molecule has 90 valence electrons. The van der Waals surface area contributed by atoms with Crippen molar-refractivity contribution in [3.8, 4) is 5.75 Å². The summed E-state index contributed by atoms with van der Waals surface area (Å²) in [7, 11) is 0. The van der Waals surface area contributed by atoms with Crippen LogP contribution in [0.25, 0.3) is 6.08 Å². The molecule has 0 unspecified atom stereocenters. The molecule has 0 radical (unpaired) electrons. The molecule has 2 rings (SSSR count). The summed E-state index contributed by atoms with van der Waals surface area (Å²) < 4.78 is 39.8. The molecule has 0 saturated carbocycles. The monoisotopic (exact) mass is 334 g/mol. The van der Waals surface area contributed by atoms with Gasteiger partial charge in [-0.1, -0.05) is 24.3 Å². The summed E-state index contributed by atoms with van der Waals surface area (Å²) in [5.41, 5.74) is 1.17. The van der Waals surface area contributed by atoms with Crippen molar-refractivity contribution in [3.63, 3.8) is 0 Å². The van der Waals surface area contributed by atoms with Gasteiger partial charge in [0.15, 0.2) is 0 Å². The summed E-state index contributed by atoms with van der Waals surface area (Å²) in [5, 5.41) is 0. The molecule has 0 bridgehead atoms. The maximum absolute atomic E-state index is 8.61. The van der Waals surface area contributed by atoms with Crippen molar-refractivity contribution in [2.24, 2.45) is 0 Å². The van der Waals surface area contributed by atoms with E-state index in [9.17, 15) is 0 Å². The van der Waals surface area contributed by atoms with Gasteiger partial charge in [0.1, 0.15) is 12.4 Å². The second kappa shape index (κ2) is 6.96. The SMILES string of the molecule is C1=Cc2ccccc2OC1.O=[As]([O-])([O-])[O-].[Cu+3]. The Morgan fingerprint density at radius 3 is 2.31 bits per heavy atom. The van der Waals surface area contributed by atoms with E-state index >= 15 is 0 Å². The Morgan fingerprint density at radius 2 is 1.75 bits per heavy atom. The molecule has 1 heterocycles. The van der Waals surface area contributed by atoms with Gasteiger partial charge < -0.3 is 4.74 Å². The summed E-state index contributed by atoms with van der Waals surface area (Å²) in [6.07, 6.45) is 4.10. The second-order valence-electron chi connectivity index (χ2n) is 2.70. The summed E-state index contributed by atoms with van der Waals surface area (Å²) >= 11 is -5.88. The van der Waals surface area contributed by atoms with Crippen LogP contribution in [-0.4, -0.2) is 21.1 Å². The number of ether oxygens (including phenoxy) is 1. The number of para-hydroxylation sites is 1. The number of rotatable bonds is 0. The average molecular weight is 335 g/mol. The van der Waals surface area contributed by atoms with E-state index in [4.69, 9.17) is 20.8 Å². The minimum absolute atomic E-state index is 0. The maximum Gasteiger partial charge on any atom is 3.00 e. The van der Waals surface area contributed by atoms with Gasteiger partial charge in [0, 0.05) is 5.56 Å². The summed E-state index contributed by atoms with van der Waals surface area (Å²) in [5.74, 6) is 0.991. The summed E-state index contributed by atoms with van der Waals surface area (Å²) in [4.78, 5) is 0. The topological polar surface area (TPSA) is 95.5 Å². The molecule has 0 atom stereocenters. The van der Waals surface area contributed by atoms with Crippen molar-refractivity contribution < 1.29 is 37.8 Å². The molecule has 0 spiro atoms. The molecule has 0 amide bonds. The van der Waals surface area contributed by atoms with Crippen LogP contribution >= 0.6 is 0 Å². The molecule has 7 heteroatoms. The Morgan fingerprint density at radius 1 is 1.19 bits per heavy atom. The number of fused-ring (bicyclic) bond motifs is 1. The maximum atomic E-state index is 8.61. The Labute approximate surface area is 107 Å². The van der Waals surface area contributed by atoms with Crippen LogP contribution in [0, 0.1) is 0 Å².